The predicted molar refractivity (Wildman–Crippen MR) is 108 cm³/mol. The Bertz CT molecular complexity index is 1230. The number of phenolic OH excluding ortho intramolecular Hbond substituents is 2. The Kier molecular flexibility index (Phi) is 4.22. The van der Waals surface area contributed by atoms with Crippen molar-refractivity contribution in [3.8, 4) is 28.6 Å². The summed E-state index contributed by atoms with van der Waals surface area (Å²) in [5.74, 6) is 0.214. The normalized spacial score (nSPS) is 11.6. The van der Waals surface area contributed by atoms with E-state index in [1.165, 1.54) is 10.6 Å². The van der Waals surface area contributed by atoms with Gasteiger partial charge in [0.05, 0.1) is 11.3 Å². The Morgan fingerprint density at radius 1 is 1.11 bits per heavy atom. The Balaban J connectivity index is 1.92. The molecule has 0 spiro atoms. The Morgan fingerprint density at radius 2 is 1.89 bits per heavy atom. The van der Waals surface area contributed by atoms with E-state index < -0.39 is 5.69 Å². The molecule has 28 heavy (non-hydrogen) atoms. The zero-order valence-electron chi connectivity index (χ0n) is 16.0. The van der Waals surface area contributed by atoms with Crippen LogP contribution in [0.1, 0.15) is 32.3 Å². The Labute approximate surface area is 161 Å². The van der Waals surface area contributed by atoms with Crippen LogP contribution >= 0.6 is 0 Å². The molecule has 0 aliphatic heterocycles. The summed E-state index contributed by atoms with van der Waals surface area (Å²) in [6, 6.07) is 10.7. The van der Waals surface area contributed by atoms with E-state index in [0.29, 0.717) is 22.6 Å². The number of benzene rings is 2. The van der Waals surface area contributed by atoms with Gasteiger partial charge in [0, 0.05) is 29.7 Å². The number of H-pyrrole nitrogens is 1. The number of phenols is 2. The van der Waals surface area contributed by atoms with Crippen molar-refractivity contribution < 1.29 is 10.2 Å². The number of hydrogen-bond donors (Lipinski definition) is 3. The second-order valence-corrected chi connectivity index (χ2v) is 7.12. The molecular formula is C21H22N4O3. The second kappa shape index (κ2) is 6.60. The molecule has 2 aromatic carbocycles. The Morgan fingerprint density at radius 3 is 2.61 bits per heavy atom. The summed E-state index contributed by atoms with van der Waals surface area (Å²) in [5.41, 5.74) is 2.38. The average molecular weight is 378 g/mol. The number of aromatic nitrogens is 4. The number of aryl methyl sites for hydroxylation is 1. The lowest BCUT2D eigenvalue weighted by Crippen LogP contribution is -2.15. The molecule has 0 saturated heterocycles. The van der Waals surface area contributed by atoms with E-state index in [0.717, 1.165) is 17.4 Å². The number of fused-ring (bicyclic) bond motifs is 1. The van der Waals surface area contributed by atoms with Crippen LogP contribution in [-0.2, 0) is 6.54 Å². The molecular weight excluding hydrogens is 356 g/mol. The summed E-state index contributed by atoms with van der Waals surface area (Å²) in [6.45, 7) is 6.82. The first-order valence-corrected chi connectivity index (χ1v) is 9.23. The van der Waals surface area contributed by atoms with Crippen LogP contribution in [0.5, 0.6) is 11.5 Å². The molecule has 3 N–H and O–H groups in total. The lowest BCUT2D eigenvalue weighted by molar-refractivity contribution is 0.444. The largest absolute Gasteiger partial charge is 0.508 e. The highest BCUT2D eigenvalue weighted by atomic mass is 16.3. The van der Waals surface area contributed by atoms with E-state index in [4.69, 9.17) is 0 Å². The first-order chi connectivity index (χ1) is 13.4. The van der Waals surface area contributed by atoms with E-state index in [2.05, 4.69) is 21.7 Å². The smallest absolute Gasteiger partial charge is 0.348 e. The summed E-state index contributed by atoms with van der Waals surface area (Å²) in [7, 11) is 0. The molecule has 7 nitrogen and oxygen atoms in total. The topological polar surface area (TPSA) is 96.1 Å². The van der Waals surface area contributed by atoms with E-state index >= 15 is 0 Å². The lowest BCUT2D eigenvalue weighted by Gasteiger charge is -2.13. The number of aromatic amines is 1. The Hall–Kier alpha value is -3.48. The van der Waals surface area contributed by atoms with Crippen LogP contribution in [0.3, 0.4) is 0 Å². The minimum Gasteiger partial charge on any atom is -0.508 e. The van der Waals surface area contributed by atoms with Gasteiger partial charge in [-0.15, -0.1) is 0 Å². The SMILES string of the molecule is CCn1ccc2cc(-n3c(-c4cc(C(C)C)c(O)cc4O)n[nH]c3=O)ccc21. The molecule has 4 rings (SSSR count). The first-order valence-electron chi connectivity index (χ1n) is 9.23. The molecule has 0 fully saturated rings. The highest BCUT2D eigenvalue weighted by molar-refractivity contribution is 5.83. The first kappa shape index (κ1) is 17.9. The average Bonchev–Trinajstić information content (AvgIpc) is 3.24. The third-order valence-corrected chi connectivity index (χ3v) is 5.03. The van der Waals surface area contributed by atoms with Gasteiger partial charge in [-0.1, -0.05) is 13.8 Å². The molecule has 0 radical (unpaired) electrons. The van der Waals surface area contributed by atoms with Crippen molar-refractivity contribution in [1.82, 2.24) is 19.3 Å². The van der Waals surface area contributed by atoms with E-state index in [1.807, 2.05) is 44.3 Å². The standard InChI is InChI=1S/C21H22N4O3/c1-4-24-8-7-13-9-14(5-6-17(13)24)25-20(22-23-21(25)28)16-10-15(12(2)3)18(26)11-19(16)27/h5-12,26-27H,4H2,1-3H3,(H,23,28). The number of hydrogen-bond acceptors (Lipinski definition) is 4. The molecule has 2 aromatic heterocycles. The van der Waals surface area contributed by atoms with Gasteiger partial charge in [-0.2, -0.15) is 5.10 Å². The van der Waals surface area contributed by atoms with E-state index in [9.17, 15) is 15.0 Å². The number of nitrogens with zero attached hydrogens (tertiary/aromatic N) is 3. The molecule has 144 valence electrons. The highest BCUT2D eigenvalue weighted by Gasteiger charge is 2.19. The highest BCUT2D eigenvalue weighted by Crippen LogP contribution is 2.37. The molecule has 0 aliphatic carbocycles. The molecule has 4 aromatic rings. The van der Waals surface area contributed by atoms with Crippen molar-refractivity contribution in [3.05, 3.63) is 58.6 Å². The van der Waals surface area contributed by atoms with Gasteiger partial charge in [0.2, 0.25) is 0 Å². The van der Waals surface area contributed by atoms with Crippen LogP contribution in [0, 0.1) is 0 Å². The zero-order chi connectivity index (χ0) is 20.0. The van der Waals surface area contributed by atoms with Gasteiger partial charge in [-0.05, 0) is 48.7 Å². The number of aromatic hydroxyl groups is 2. The predicted octanol–water partition coefficient (Wildman–Crippen LogP) is 3.74. The van der Waals surface area contributed by atoms with Gasteiger partial charge in [0.15, 0.2) is 5.82 Å². The van der Waals surface area contributed by atoms with Crippen LogP contribution in [-0.4, -0.2) is 29.5 Å². The van der Waals surface area contributed by atoms with Crippen molar-refractivity contribution in [3.63, 3.8) is 0 Å². The monoisotopic (exact) mass is 378 g/mol. The second-order valence-electron chi connectivity index (χ2n) is 7.12. The van der Waals surface area contributed by atoms with Crippen molar-refractivity contribution in [1.29, 1.82) is 0 Å². The van der Waals surface area contributed by atoms with Crippen molar-refractivity contribution >= 4 is 10.9 Å². The fraction of sp³-hybridized carbons (Fsp3) is 0.238. The van der Waals surface area contributed by atoms with Crippen LogP contribution in [0.2, 0.25) is 0 Å². The molecule has 2 heterocycles. The third kappa shape index (κ3) is 2.76. The van der Waals surface area contributed by atoms with Crippen LogP contribution in [0.25, 0.3) is 28.0 Å². The minimum atomic E-state index is -0.400. The van der Waals surface area contributed by atoms with Crippen LogP contribution in [0.4, 0.5) is 0 Å². The van der Waals surface area contributed by atoms with Gasteiger partial charge in [0.1, 0.15) is 11.5 Å². The van der Waals surface area contributed by atoms with E-state index in [-0.39, 0.29) is 17.4 Å². The van der Waals surface area contributed by atoms with Gasteiger partial charge >= 0.3 is 5.69 Å². The maximum Gasteiger partial charge on any atom is 0.348 e. The molecule has 0 amide bonds. The van der Waals surface area contributed by atoms with E-state index in [1.54, 1.807) is 6.07 Å². The summed E-state index contributed by atoms with van der Waals surface area (Å²) in [4.78, 5) is 12.5. The quantitative estimate of drug-likeness (QED) is 0.504. The zero-order valence-corrected chi connectivity index (χ0v) is 16.0. The third-order valence-electron chi connectivity index (χ3n) is 5.03. The summed E-state index contributed by atoms with van der Waals surface area (Å²) in [6.07, 6.45) is 2.01. The van der Waals surface area contributed by atoms with Gasteiger partial charge < -0.3 is 14.8 Å². The van der Waals surface area contributed by atoms with Crippen LogP contribution in [0.15, 0.2) is 47.4 Å². The molecule has 0 aliphatic rings. The number of rotatable bonds is 4. The van der Waals surface area contributed by atoms with Gasteiger partial charge in [0.25, 0.3) is 0 Å². The fourth-order valence-electron chi connectivity index (χ4n) is 3.56. The summed E-state index contributed by atoms with van der Waals surface area (Å²) in [5, 5.41) is 28.1. The molecule has 0 bridgehead atoms. The lowest BCUT2D eigenvalue weighted by atomic mass is 9.98. The molecule has 0 unspecified atom stereocenters. The molecule has 7 heteroatoms. The summed E-state index contributed by atoms with van der Waals surface area (Å²) < 4.78 is 3.55. The number of nitrogens with one attached hydrogen (secondary N) is 1. The van der Waals surface area contributed by atoms with Crippen molar-refractivity contribution in [2.24, 2.45) is 0 Å². The van der Waals surface area contributed by atoms with Crippen LogP contribution < -0.4 is 5.69 Å². The van der Waals surface area contributed by atoms with Gasteiger partial charge in [-0.3, -0.25) is 0 Å². The summed E-state index contributed by atoms with van der Waals surface area (Å²) >= 11 is 0. The van der Waals surface area contributed by atoms with Gasteiger partial charge in [-0.25, -0.2) is 14.5 Å². The minimum absolute atomic E-state index is 0.0167. The fourth-order valence-corrected chi connectivity index (χ4v) is 3.56. The molecule has 0 atom stereocenters. The maximum absolute atomic E-state index is 12.5. The maximum atomic E-state index is 12.5. The molecule has 0 saturated carbocycles. The van der Waals surface area contributed by atoms with Crippen molar-refractivity contribution in [2.75, 3.05) is 0 Å². The van der Waals surface area contributed by atoms with Crippen molar-refractivity contribution in [2.45, 2.75) is 33.2 Å².